The summed E-state index contributed by atoms with van der Waals surface area (Å²) in [5, 5.41) is 4.89. The van der Waals surface area contributed by atoms with Crippen LogP contribution in [-0.4, -0.2) is 50.8 Å². The molecule has 1 saturated heterocycles. The van der Waals surface area contributed by atoms with Crippen molar-refractivity contribution in [2.75, 3.05) is 39.9 Å². The first-order valence-electron chi connectivity index (χ1n) is 5.57. The van der Waals surface area contributed by atoms with Gasteiger partial charge in [0.2, 0.25) is 5.91 Å². The highest BCUT2D eigenvalue weighted by atomic mass is 16.5. The molecule has 0 radical (unpaired) electrons. The van der Waals surface area contributed by atoms with Gasteiger partial charge in [-0.1, -0.05) is 6.42 Å². The highest BCUT2D eigenvalue weighted by Crippen LogP contribution is 2.05. The van der Waals surface area contributed by atoms with E-state index in [0.717, 1.165) is 13.1 Å². The minimum absolute atomic E-state index is 0.0256. The summed E-state index contributed by atoms with van der Waals surface area (Å²) in [6.45, 7) is 3.60. The van der Waals surface area contributed by atoms with Gasteiger partial charge in [0.1, 0.15) is 0 Å². The number of ether oxygens (including phenoxy) is 1. The van der Waals surface area contributed by atoms with Crippen molar-refractivity contribution in [3.8, 4) is 0 Å². The normalized spacial score (nSPS) is 17.7. The van der Waals surface area contributed by atoms with Crippen molar-refractivity contribution in [3.63, 3.8) is 0 Å². The van der Waals surface area contributed by atoms with Gasteiger partial charge in [0, 0.05) is 26.7 Å². The third-order valence-corrected chi connectivity index (χ3v) is 2.45. The van der Waals surface area contributed by atoms with Crippen LogP contribution in [0.3, 0.4) is 0 Å². The topological polar surface area (TPSA) is 53.6 Å². The highest BCUT2D eigenvalue weighted by molar-refractivity contribution is 5.77. The molecule has 0 atom stereocenters. The molecule has 5 nitrogen and oxygen atoms in total. The van der Waals surface area contributed by atoms with Crippen LogP contribution in [0.1, 0.15) is 19.3 Å². The van der Waals surface area contributed by atoms with Gasteiger partial charge in [-0.15, -0.1) is 0 Å². The zero-order valence-corrected chi connectivity index (χ0v) is 9.42. The average Bonchev–Trinajstić information content (AvgIpc) is 2.28. The maximum absolute atomic E-state index is 11.3. The minimum atomic E-state index is 0.0256. The van der Waals surface area contributed by atoms with Crippen molar-refractivity contribution in [3.05, 3.63) is 0 Å². The summed E-state index contributed by atoms with van der Waals surface area (Å²) in [6, 6.07) is 0. The molecule has 0 aromatic heterocycles. The Morgan fingerprint density at radius 2 is 2.07 bits per heavy atom. The Balaban J connectivity index is 2.00. The number of amides is 1. The Labute approximate surface area is 91.1 Å². The second-order valence-electron chi connectivity index (χ2n) is 3.73. The molecule has 1 rings (SSSR count). The number of piperidine rings is 1. The molecule has 5 heteroatoms. The maximum Gasteiger partial charge on any atom is 0.235 e. The van der Waals surface area contributed by atoms with E-state index in [0.29, 0.717) is 19.7 Å². The number of nitrogens with one attached hydrogen (secondary N) is 2. The van der Waals surface area contributed by atoms with E-state index in [1.54, 1.807) is 7.11 Å². The van der Waals surface area contributed by atoms with Crippen molar-refractivity contribution in [2.45, 2.75) is 19.3 Å². The number of carbonyl (C=O) groups is 1. The fourth-order valence-corrected chi connectivity index (χ4v) is 1.59. The molecule has 15 heavy (non-hydrogen) atoms. The molecule has 1 aliphatic rings. The molecule has 2 N–H and O–H groups in total. The molecule has 1 aliphatic heterocycles. The molecule has 1 heterocycles. The Kier molecular flexibility index (Phi) is 6.31. The number of hydrogen-bond donors (Lipinski definition) is 2. The van der Waals surface area contributed by atoms with Crippen molar-refractivity contribution >= 4 is 5.91 Å². The van der Waals surface area contributed by atoms with Crippen molar-refractivity contribution in [1.82, 2.24) is 15.8 Å². The third kappa shape index (κ3) is 5.71. The van der Waals surface area contributed by atoms with E-state index >= 15 is 0 Å². The highest BCUT2D eigenvalue weighted by Gasteiger charge is 2.10. The lowest BCUT2D eigenvalue weighted by Gasteiger charge is -2.26. The molecule has 1 amide bonds. The number of carbonyl (C=O) groups excluding carboxylic acids is 1. The molecular formula is C10H21N3O2. The fourth-order valence-electron chi connectivity index (χ4n) is 1.59. The monoisotopic (exact) mass is 215 g/mol. The first-order chi connectivity index (χ1) is 7.33. The fraction of sp³-hybridized carbons (Fsp3) is 0.900. The molecular weight excluding hydrogens is 194 g/mol. The smallest absolute Gasteiger partial charge is 0.235 e. The summed E-state index contributed by atoms with van der Waals surface area (Å²) >= 11 is 0. The number of rotatable bonds is 6. The predicted molar refractivity (Wildman–Crippen MR) is 58.3 cm³/mol. The quantitative estimate of drug-likeness (QED) is 0.599. The molecule has 0 aromatic carbocycles. The number of methoxy groups -OCH3 is 1. The van der Waals surface area contributed by atoms with E-state index in [1.807, 2.05) is 0 Å². The van der Waals surface area contributed by atoms with Crippen LogP contribution in [0.5, 0.6) is 0 Å². The Morgan fingerprint density at radius 1 is 1.33 bits per heavy atom. The number of nitrogens with zero attached hydrogens (tertiary/aromatic N) is 1. The standard InChI is InChI=1S/C10H21N3O2/c1-15-8-5-11-10(14)9-12-13-6-3-2-4-7-13/h12H,2-9H2,1H3,(H,11,14). The van der Waals surface area contributed by atoms with Crippen LogP contribution in [0.4, 0.5) is 0 Å². The van der Waals surface area contributed by atoms with Crippen molar-refractivity contribution in [2.24, 2.45) is 0 Å². The third-order valence-electron chi connectivity index (χ3n) is 2.45. The van der Waals surface area contributed by atoms with Crippen LogP contribution in [-0.2, 0) is 9.53 Å². The lowest BCUT2D eigenvalue weighted by Crippen LogP contribution is -2.46. The maximum atomic E-state index is 11.3. The van der Waals surface area contributed by atoms with Gasteiger partial charge in [-0.2, -0.15) is 0 Å². The predicted octanol–water partition coefficient (Wildman–Crippen LogP) is -0.260. The molecule has 0 unspecified atom stereocenters. The summed E-state index contributed by atoms with van der Waals surface area (Å²) in [5.41, 5.74) is 3.13. The summed E-state index contributed by atoms with van der Waals surface area (Å²) in [7, 11) is 1.62. The molecule has 0 saturated carbocycles. The Hall–Kier alpha value is -0.650. The summed E-state index contributed by atoms with van der Waals surface area (Å²) in [4.78, 5) is 11.3. The van der Waals surface area contributed by atoms with Gasteiger partial charge >= 0.3 is 0 Å². The van der Waals surface area contributed by atoms with E-state index in [1.165, 1.54) is 19.3 Å². The van der Waals surface area contributed by atoms with Gasteiger partial charge in [-0.25, -0.2) is 10.4 Å². The van der Waals surface area contributed by atoms with Crippen molar-refractivity contribution < 1.29 is 9.53 Å². The van der Waals surface area contributed by atoms with E-state index in [4.69, 9.17) is 4.74 Å². The van der Waals surface area contributed by atoms with Gasteiger partial charge in [-0.05, 0) is 12.8 Å². The van der Waals surface area contributed by atoms with Gasteiger partial charge in [0.15, 0.2) is 0 Å². The van der Waals surface area contributed by atoms with Crippen LogP contribution in [0, 0.1) is 0 Å². The number of hydrazine groups is 1. The summed E-state index contributed by atoms with van der Waals surface area (Å²) in [5.74, 6) is 0.0256. The van der Waals surface area contributed by atoms with E-state index in [2.05, 4.69) is 15.8 Å². The molecule has 0 bridgehead atoms. The molecule has 0 aromatic rings. The van der Waals surface area contributed by atoms with E-state index in [-0.39, 0.29) is 5.91 Å². The van der Waals surface area contributed by atoms with E-state index in [9.17, 15) is 4.79 Å². The first kappa shape index (κ1) is 12.4. The van der Waals surface area contributed by atoms with Crippen molar-refractivity contribution in [1.29, 1.82) is 0 Å². The second-order valence-corrected chi connectivity index (χ2v) is 3.73. The SMILES string of the molecule is COCCNC(=O)CNN1CCCCC1. The van der Waals surface area contributed by atoms with Crippen LogP contribution >= 0.6 is 0 Å². The van der Waals surface area contributed by atoms with Gasteiger partial charge in [0.25, 0.3) is 0 Å². The lowest BCUT2D eigenvalue weighted by atomic mass is 10.2. The zero-order valence-electron chi connectivity index (χ0n) is 9.42. The van der Waals surface area contributed by atoms with Crippen LogP contribution in [0.15, 0.2) is 0 Å². The summed E-state index contributed by atoms with van der Waals surface area (Å²) < 4.78 is 4.84. The molecule has 88 valence electrons. The van der Waals surface area contributed by atoms with Crippen LogP contribution in [0.2, 0.25) is 0 Å². The Bertz CT molecular complexity index is 182. The molecule has 1 fully saturated rings. The zero-order chi connectivity index (χ0) is 10.9. The minimum Gasteiger partial charge on any atom is -0.383 e. The lowest BCUT2D eigenvalue weighted by molar-refractivity contribution is -0.121. The van der Waals surface area contributed by atoms with E-state index < -0.39 is 0 Å². The second kappa shape index (κ2) is 7.62. The van der Waals surface area contributed by atoms with Gasteiger partial charge < -0.3 is 10.1 Å². The Morgan fingerprint density at radius 3 is 2.73 bits per heavy atom. The summed E-state index contributed by atoms with van der Waals surface area (Å²) in [6.07, 6.45) is 3.74. The first-order valence-corrected chi connectivity index (χ1v) is 5.57. The largest absolute Gasteiger partial charge is 0.383 e. The van der Waals surface area contributed by atoms with Gasteiger partial charge in [0.05, 0.1) is 13.2 Å². The van der Waals surface area contributed by atoms with Crippen LogP contribution < -0.4 is 10.7 Å². The molecule has 0 spiro atoms. The number of hydrogen-bond acceptors (Lipinski definition) is 4. The average molecular weight is 215 g/mol. The molecule has 0 aliphatic carbocycles. The van der Waals surface area contributed by atoms with Gasteiger partial charge in [-0.3, -0.25) is 4.79 Å². The van der Waals surface area contributed by atoms with Crippen LogP contribution in [0.25, 0.3) is 0 Å².